The van der Waals surface area contributed by atoms with Crippen LogP contribution in [0.4, 0.5) is 8.78 Å². The van der Waals surface area contributed by atoms with E-state index >= 15 is 0 Å². The molecule has 4 nitrogen and oxygen atoms in total. The van der Waals surface area contributed by atoms with Gasteiger partial charge in [-0.25, -0.2) is 13.6 Å². The summed E-state index contributed by atoms with van der Waals surface area (Å²) >= 11 is 0. The van der Waals surface area contributed by atoms with Crippen LogP contribution in [0.3, 0.4) is 0 Å². The fourth-order valence-corrected chi connectivity index (χ4v) is 1.57. The molecular formula is C13H11F2NO3. The second kappa shape index (κ2) is 5.62. The lowest BCUT2D eigenvalue weighted by Crippen LogP contribution is -2.12. The molecule has 0 fully saturated rings. The SMILES string of the molecule is O=C(O)c1coc(CNCc2ccc(F)c(F)c2)c1. The molecular weight excluding hydrogens is 256 g/mol. The average molecular weight is 267 g/mol. The molecule has 100 valence electrons. The second-order valence-electron chi connectivity index (χ2n) is 3.96. The van der Waals surface area contributed by atoms with E-state index in [0.29, 0.717) is 24.4 Å². The standard InChI is InChI=1S/C13H11F2NO3/c14-11-2-1-8(3-12(11)15)5-16-6-10-4-9(7-19-10)13(17)18/h1-4,7,16H,5-6H2,(H,17,18). The van der Waals surface area contributed by atoms with Gasteiger partial charge in [0.25, 0.3) is 0 Å². The van der Waals surface area contributed by atoms with Crippen LogP contribution in [0.1, 0.15) is 21.7 Å². The van der Waals surface area contributed by atoms with E-state index in [1.54, 1.807) is 0 Å². The second-order valence-corrected chi connectivity index (χ2v) is 3.96. The van der Waals surface area contributed by atoms with Gasteiger partial charge in [-0.3, -0.25) is 0 Å². The van der Waals surface area contributed by atoms with E-state index in [-0.39, 0.29) is 5.56 Å². The minimum atomic E-state index is -1.06. The van der Waals surface area contributed by atoms with Crippen molar-refractivity contribution in [1.82, 2.24) is 5.32 Å². The number of furan rings is 1. The number of hydrogen-bond acceptors (Lipinski definition) is 3. The summed E-state index contributed by atoms with van der Waals surface area (Å²) in [6, 6.07) is 5.03. The van der Waals surface area contributed by atoms with Crippen LogP contribution < -0.4 is 5.32 Å². The van der Waals surface area contributed by atoms with Crippen LogP contribution in [0.5, 0.6) is 0 Å². The van der Waals surface area contributed by atoms with Gasteiger partial charge in [-0.1, -0.05) is 6.07 Å². The van der Waals surface area contributed by atoms with Crippen molar-refractivity contribution in [1.29, 1.82) is 0 Å². The van der Waals surface area contributed by atoms with E-state index in [1.807, 2.05) is 0 Å². The highest BCUT2D eigenvalue weighted by Crippen LogP contribution is 2.10. The zero-order chi connectivity index (χ0) is 13.8. The first kappa shape index (κ1) is 13.2. The molecule has 6 heteroatoms. The van der Waals surface area contributed by atoms with Crippen LogP contribution in [0, 0.1) is 11.6 Å². The van der Waals surface area contributed by atoms with E-state index in [9.17, 15) is 13.6 Å². The lowest BCUT2D eigenvalue weighted by Gasteiger charge is -2.03. The van der Waals surface area contributed by atoms with E-state index in [1.165, 1.54) is 12.1 Å². The van der Waals surface area contributed by atoms with Crippen LogP contribution in [0.2, 0.25) is 0 Å². The maximum atomic E-state index is 12.9. The first-order valence-electron chi connectivity index (χ1n) is 5.51. The molecule has 1 heterocycles. The fourth-order valence-electron chi connectivity index (χ4n) is 1.57. The number of nitrogens with one attached hydrogen (secondary N) is 1. The number of hydrogen-bond donors (Lipinski definition) is 2. The highest BCUT2D eigenvalue weighted by Gasteiger charge is 2.08. The molecule has 0 aliphatic rings. The first-order chi connectivity index (χ1) is 9.06. The lowest BCUT2D eigenvalue weighted by atomic mass is 10.2. The topological polar surface area (TPSA) is 62.5 Å². The van der Waals surface area contributed by atoms with E-state index < -0.39 is 17.6 Å². The van der Waals surface area contributed by atoms with Gasteiger partial charge in [-0.2, -0.15) is 0 Å². The van der Waals surface area contributed by atoms with Gasteiger partial charge in [0, 0.05) is 6.54 Å². The number of carbonyl (C=O) groups is 1. The number of aromatic carboxylic acids is 1. The predicted octanol–water partition coefficient (Wildman–Crippen LogP) is 2.55. The summed E-state index contributed by atoms with van der Waals surface area (Å²) in [6.07, 6.45) is 1.15. The van der Waals surface area contributed by atoms with Gasteiger partial charge in [-0.05, 0) is 23.8 Å². The Hall–Kier alpha value is -2.21. The Balaban J connectivity index is 1.88. The van der Waals surface area contributed by atoms with Crippen LogP contribution in [0.15, 0.2) is 34.9 Å². The molecule has 0 saturated carbocycles. The molecule has 0 unspecified atom stereocenters. The van der Waals surface area contributed by atoms with Crippen molar-refractivity contribution in [3.05, 3.63) is 59.1 Å². The Bertz CT molecular complexity index is 595. The largest absolute Gasteiger partial charge is 0.478 e. The summed E-state index contributed by atoms with van der Waals surface area (Å²) < 4.78 is 30.7. The Morgan fingerprint density at radius 2 is 2.00 bits per heavy atom. The Kier molecular flexibility index (Phi) is 3.91. The number of benzene rings is 1. The molecule has 0 amide bonds. The average Bonchev–Trinajstić information content (AvgIpc) is 2.83. The van der Waals surface area contributed by atoms with Crippen molar-refractivity contribution in [3.63, 3.8) is 0 Å². The summed E-state index contributed by atoms with van der Waals surface area (Å²) in [5.41, 5.74) is 0.661. The minimum absolute atomic E-state index is 0.0737. The van der Waals surface area contributed by atoms with Crippen LogP contribution in [-0.4, -0.2) is 11.1 Å². The smallest absolute Gasteiger partial charge is 0.338 e. The molecule has 0 radical (unpaired) electrons. The third-order valence-electron chi connectivity index (χ3n) is 2.51. The summed E-state index contributed by atoms with van der Waals surface area (Å²) in [7, 11) is 0. The summed E-state index contributed by atoms with van der Waals surface area (Å²) in [6.45, 7) is 0.618. The van der Waals surface area contributed by atoms with Crippen molar-refractivity contribution in [3.8, 4) is 0 Å². The lowest BCUT2D eigenvalue weighted by molar-refractivity contribution is 0.0696. The molecule has 2 rings (SSSR count). The van der Waals surface area contributed by atoms with E-state index in [4.69, 9.17) is 9.52 Å². The van der Waals surface area contributed by atoms with Crippen molar-refractivity contribution >= 4 is 5.97 Å². The van der Waals surface area contributed by atoms with Crippen molar-refractivity contribution in [2.45, 2.75) is 13.1 Å². The van der Waals surface area contributed by atoms with Crippen molar-refractivity contribution < 1.29 is 23.1 Å². The van der Waals surface area contributed by atoms with Crippen LogP contribution >= 0.6 is 0 Å². The maximum Gasteiger partial charge on any atom is 0.338 e. The number of carboxylic acids is 1. The molecule has 0 aliphatic heterocycles. The van der Waals surface area contributed by atoms with Crippen LogP contribution in [-0.2, 0) is 13.1 Å². The quantitative estimate of drug-likeness (QED) is 0.873. The van der Waals surface area contributed by atoms with E-state index in [0.717, 1.165) is 18.4 Å². The molecule has 0 saturated heterocycles. The Morgan fingerprint density at radius 1 is 1.21 bits per heavy atom. The molecule has 0 spiro atoms. The number of carboxylic acid groups (broad SMARTS) is 1. The maximum absolute atomic E-state index is 12.9. The zero-order valence-electron chi connectivity index (χ0n) is 9.82. The highest BCUT2D eigenvalue weighted by molar-refractivity contribution is 5.87. The van der Waals surface area contributed by atoms with Crippen LogP contribution in [0.25, 0.3) is 0 Å². The van der Waals surface area contributed by atoms with Crippen molar-refractivity contribution in [2.75, 3.05) is 0 Å². The zero-order valence-corrected chi connectivity index (χ0v) is 9.82. The van der Waals surface area contributed by atoms with Gasteiger partial charge >= 0.3 is 5.97 Å². The fraction of sp³-hybridized carbons (Fsp3) is 0.154. The third kappa shape index (κ3) is 3.38. The molecule has 0 aliphatic carbocycles. The Labute approximate surface area is 107 Å². The summed E-state index contributed by atoms with van der Waals surface area (Å²) in [5.74, 6) is -2.39. The van der Waals surface area contributed by atoms with Gasteiger partial charge in [0.05, 0.1) is 12.1 Å². The van der Waals surface area contributed by atoms with Gasteiger partial charge in [0.2, 0.25) is 0 Å². The molecule has 19 heavy (non-hydrogen) atoms. The minimum Gasteiger partial charge on any atom is -0.478 e. The number of halogens is 2. The molecule has 1 aromatic heterocycles. The summed E-state index contributed by atoms with van der Waals surface area (Å²) in [4.78, 5) is 10.6. The van der Waals surface area contributed by atoms with Gasteiger partial charge in [-0.15, -0.1) is 0 Å². The molecule has 2 N–H and O–H groups in total. The van der Waals surface area contributed by atoms with Crippen molar-refractivity contribution in [2.24, 2.45) is 0 Å². The molecule has 2 aromatic rings. The summed E-state index contributed by atoms with van der Waals surface area (Å²) in [5, 5.41) is 11.6. The monoisotopic (exact) mass is 267 g/mol. The third-order valence-corrected chi connectivity index (χ3v) is 2.51. The first-order valence-corrected chi connectivity index (χ1v) is 5.51. The molecule has 0 bridgehead atoms. The number of rotatable bonds is 5. The highest BCUT2D eigenvalue weighted by atomic mass is 19.2. The molecule has 0 atom stereocenters. The van der Waals surface area contributed by atoms with Gasteiger partial charge < -0.3 is 14.8 Å². The van der Waals surface area contributed by atoms with Gasteiger partial charge in [0.15, 0.2) is 11.6 Å². The molecule has 1 aromatic carbocycles. The van der Waals surface area contributed by atoms with E-state index in [2.05, 4.69) is 5.32 Å². The predicted molar refractivity (Wildman–Crippen MR) is 62.6 cm³/mol. The Morgan fingerprint density at radius 3 is 2.63 bits per heavy atom. The van der Waals surface area contributed by atoms with Gasteiger partial charge in [0.1, 0.15) is 12.0 Å². The normalized spacial score (nSPS) is 10.6.